The summed E-state index contributed by atoms with van der Waals surface area (Å²) in [6.07, 6.45) is 3.60. The predicted molar refractivity (Wildman–Crippen MR) is 69.5 cm³/mol. The molecule has 1 fully saturated rings. The first-order chi connectivity index (χ1) is 7.61. The number of hydrogen-bond donors (Lipinski definition) is 1. The minimum atomic E-state index is -0.344. The average Bonchev–Trinajstić information content (AvgIpc) is 2.60. The minimum Gasteiger partial charge on any atom is -0.383 e. The van der Waals surface area contributed by atoms with Gasteiger partial charge in [-0.25, -0.2) is 4.79 Å². The van der Waals surface area contributed by atoms with Crippen molar-refractivity contribution in [1.82, 2.24) is 9.55 Å². The molecule has 1 aromatic heterocycles. The Balaban J connectivity index is 2.28. The van der Waals surface area contributed by atoms with Crippen LogP contribution in [-0.2, 0) is 4.74 Å². The standard InChI is InChI=1S/C10H14IN3O2/c1-2-6-5-7(11)9(16-6)14-4-3-8(12)13-10(14)15/h3-4,6-7,9H,2,5H2,1H3,(H2,12,13,15)/t6-,7+,9-/m1/s1. The lowest BCUT2D eigenvalue weighted by molar-refractivity contribution is 0.000778. The average molecular weight is 335 g/mol. The quantitative estimate of drug-likeness (QED) is 0.654. The molecule has 0 unspecified atom stereocenters. The van der Waals surface area contributed by atoms with Gasteiger partial charge in [-0.05, 0) is 18.9 Å². The molecule has 0 radical (unpaired) electrons. The minimum absolute atomic E-state index is 0.217. The van der Waals surface area contributed by atoms with E-state index < -0.39 is 0 Å². The second-order valence-electron chi connectivity index (χ2n) is 3.85. The first kappa shape index (κ1) is 11.8. The van der Waals surface area contributed by atoms with Crippen LogP contribution in [0.15, 0.2) is 17.1 Å². The lowest BCUT2D eigenvalue weighted by atomic mass is 10.2. The van der Waals surface area contributed by atoms with Gasteiger partial charge in [-0.3, -0.25) is 4.57 Å². The van der Waals surface area contributed by atoms with E-state index in [4.69, 9.17) is 10.5 Å². The van der Waals surface area contributed by atoms with E-state index in [1.165, 1.54) is 4.57 Å². The fourth-order valence-electron chi connectivity index (χ4n) is 1.83. The number of anilines is 1. The van der Waals surface area contributed by atoms with Crippen molar-refractivity contribution in [3.05, 3.63) is 22.7 Å². The second kappa shape index (κ2) is 4.70. The zero-order valence-electron chi connectivity index (χ0n) is 8.97. The van der Waals surface area contributed by atoms with E-state index in [-0.39, 0.29) is 23.8 Å². The third kappa shape index (κ3) is 2.22. The van der Waals surface area contributed by atoms with Crippen LogP contribution in [0, 0.1) is 0 Å². The van der Waals surface area contributed by atoms with Crippen LogP contribution in [-0.4, -0.2) is 19.6 Å². The lowest BCUT2D eigenvalue weighted by Gasteiger charge is -2.16. The first-order valence-corrected chi connectivity index (χ1v) is 6.50. The maximum absolute atomic E-state index is 11.7. The smallest absolute Gasteiger partial charge is 0.351 e. The highest BCUT2D eigenvalue weighted by molar-refractivity contribution is 14.1. The Kier molecular flexibility index (Phi) is 3.48. The molecular weight excluding hydrogens is 321 g/mol. The van der Waals surface area contributed by atoms with Crippen molar-refractivity contribution in [2.45, 2.75) is 36.0 Å². The van der Waals surface area contributed by atoms with E-state index in [1.807, 2.05) is 0 Å². The van der Waals surface area contributed by atoms with E-state index in [9.17, 15) is 4.79 Å². The van der Waals surface area contributed by atoms with Gasteiger partial charge in [-0.2, -0.15) is 4.98 Å². The Hall–Kier alpha value is -0.630. The van der Waals surface area contributed by atoms with E-state index in [2.05, 4.69) is 34.5 Å². The predicted octanol–water partition coefficient (Wildman–Crippen LogP) is 1.33. The molecule has 0 saturated carbocycles. The summed E-state index contributed by atoms with van der Waals surface area (Å²) in [6.45, 7) is 2.08. The number of nitrogens with zero attached hydrogens (tertiary/aromatic N) is 2. The number of alkyl halides is 1. The number of nitrogens with two attached hydrogens (primary N) is 1. The summed E-state index contributed by atoms with van der Waals surface area (Å²) in [6, 6.07) is 1.62. The highest BCUT2D eigenvalue weighted by atomic mass is 127. The van der Waals surface area contributed by atoms with Gasteiger partial charge in [-0.1, -0.05) is 29.5 Å². The number of halogens is 1. The topological polar surface area (TPSA) is 70.1 Å². The molecule has 0 spiro atoms. The summed E-state index contributed by atoms with van der Waals surface area (Å²) >= 11 is 2.32. The molecule has 1 aliphatic rings. The van der Waals surface area contributed by atoms with Gasteiger partial charge >= 0.3 is 5.69 Å². The summed E-state index contributed by atoms with van der Waals surface area (Å²) in [5.41, 5.74) is 5.10. The van der Waals surface area contributed by atoms with Crippen LogP contribution in [0.5, 0.6) is 0 Å². The van der Waals surface area contributed by atoms with Crippen LogP contribution in [0.2, 0.25) is 0 Å². The highest BCUT2D eigenvalue weighted by Crippen LogP contribution is 2.34. The van der Waals surface area contributed by atoms with Gasteiger partial charge in [0.1, 0.15) is 12.0 Å². The van der Waals surface area contributed by atoms with E-state index in [1.54, 1.807) is 12.3 Å². The Morgan fingerprint density at radius 1 is 1.75 bits per heavy atom. The van der Waals surface area contributed by atoms with Crippen LogP contribution in [0.25, 0.3) is 0 Å². The normalized spacial score (nSPS) is 29.5. The fourth-order valence-corrected chi connectivity index (χ4v) is 2.91. The van der Waals surface area contributed by atoms with Crippen molar-refractivity contribution in [3.8, 4) is 0 Å². The van der Waals surface area contributed by atoms with Crippen molar-refractivity contribution >= 4 is 28.4 Å². The number of hydrogen-bond acceptors (Lipinski definition) is 4. The summed E-state index contributed by atoms with van der Waals surface area (Å²) in [7, 11) is 0. The number of aromatic nitrogens is 2. The third-order valence-electron chi connectivity index (χ3n) is 2.71. The van der Waals surface area contributed by atoms with Crippen LogP contribution < -0.4 is 11.4 Å². The highest BCUT2D eigenvalue weighted by Gasteiger charge is 2.34. The van der Waals surface area contributed by atoms with Crippen LogP contribution in [0.3, 0.4) is 0 Å². The molecule has 0 bridgehead atoms. The SMILES string of the molecule is CC[C@@H]1C[C@H](I)[C@H](n2ccc(N)nc2=O)O1. The van der Waals surface area contributed by atoms with Gasteiger partial charge in [0.05, 0.1) is 10.0 Å². The van der Waals surface area contributed by atoms with Crippen LogP contribution in [0.4, 0.5) is 5.82 Å². The number of ether oxygens (including phenoxy) is 1. The van der Waals surface area contributed by atoms with Gasteiger partial charge < -0.3 is 10.5 Å². The van der Waals surface area contributed by atoms with Crippen LogP contribution in [0.1, 0.15) is 26.0 Å². The molecule has 16 heavy (non-hydrogen) atoms. The van der Waals surface area contributed by atoms with Crippen molar-refractivity contribution in [2.75, 3.05) is 5.73 Å². The Bertz CT molecular complexity index is 434. The van der Waals surface area contributed by atoms with E-state index in [0.29, 0.717) is 3.92 Å². The van der Waals surface area contributed by atoms with Crippen LogP contribution >= 0.6 is 22.6 Å². The second-order valence-corrected chi connectivity index (χ2v) is 5.45. The molecule has 0 aromatic carbocycles. The molecule has 2 rings (SSSR count). The Morgan fingerprint density at radius 3 is 3.06 bits per heavy atom. The molecule has 5 nitrogen and oxygen atoms in total. The van der Waals surface area contributed by atoms with Crippen molar-refractivity contribution in [2.24, 2.45) is 0 Å². The largest absolute Gasteiger partial charge is 0.383 e. The molecule has 2 N–H and O–H groups in total. The van der Waals surface area contributed by atoms with Gasteiger partial charge in [0.15, 0.2) is 0 Å². The molecular formula is C10H14IN3O2. The fraction of sp³-hybridized carbons (Fsp3) is 0.600. The summed E-state index contributed by atoms with van der Waals surface area (Å²) in [4.78, 5) is 15.4. The van der Waals surface area contributed by atoms with Gasteiger partial charge in [0.2, 0.25) is 0 Å². The third-order valence-corrected chi connectivity index (χ3v) is 3.83. The molecule has 0 amide bonds. The monoisotopic (exact) mass is 335 g/mol. The maximum Gasteiger partial charge on any atom is 0.351 e. The first-order valence-electron chi connectivity index (χ1n) is 5.26. The zero-order chi connectivity index (χ0) is 11.7. The van der Waals surface area contributed by atoms with Gasteiger partial charge in [0.25, 0.3) is 0 Å². The molecule has 6 heteroatoms. The van der Waals surface area contributed by atoms with Crippen molar-refractivity contribution in [1.29, 1.82) is 0 Å². The van der Waals surface area contributed by atoms with Crippen molar-refractivity contribution in [3.63, 3.8) is 0 Å². The molecule has 88 valence electrons. The lowest BCUT2D eigenvalue weighted by Crippen LogP contribution is -2.30. The van der Waals surface area contributed by atoms with Crippen molar-refractivity contribution < 1.29 is 4.74 Å². The molecule has 2 heterocycles. The van der Waals surface area contributed by atoms with Gasteiger partial charge in [0, 0.05) is 6.20 Å². The number of nitrogen functional groups attached to an aromatic ring is 1. The molecule has 1 aromatic rings. The Labute approximate surface area is 107 Å². The molecule has 0 aliphatic carbocycles. The van der Waals surface area contributed by atoms with E-state index in [0.717, 1.165) is 12.8 Å². The summed E-state index contributed by atoms with van der Waals surface area (Å²) in [5, 5.41) is 0. The van der Waals surface area contributed by atoms with E-state index >= 15 is 0 Å². The molecule has 3 atom stereocenters. The summed E-state index contributed by atoms with van der Waals surface area (Å²) < 4.78 is 7.62. The Morgan fingerprint density at radius 2 is 2.50 bits per heavy atom. The molecule has 1 saturated heterocycles. The zero-order valence-corrected chi connectivity index (χ0v) is 11.1. The number of rotatable bonds is 2. The maximum atomic E-state index is 11.7. The molecule has 1 aliphatic heterocycles. The van der Waals surface area contributed by atoms with Gasteiger partial charge in [-0.15, -0.1) is 0 Å². The summed E-state index contributed by atoms with van der Waals surface area (Å²) in [5.74, 6) is 0.247.